The van der Waals surface area contributed by atoms with Crippen LogP contribution < -0.4 is 5.32 Å². The zero-order valence-corrected chi connectivity index (χ0v) is 8.63. The second-order valence-corrected chi connectivity index (χ2v) is 4.62. The molecule has 4 atom stereocenters. The van der Waals surface area contributed by atoms with Crippen molar-refractivity contribution in [1.29, 1.82) is 0 Å². The van der Waals surface area contributed by atoms with E-state index in [1.807, 2.05) is 0 Å². The number of carbonyl (C=O) groups is 2. The van der Waals surface area contributed by atoms with Gasteiger partial charge >= 0.3 is 5.97 Å². The topological polar surface area (TPSA) is 75.6 Å². The molecule has 2 bridgehead atoms. The Morgan fingerprint density at radius 1 is 1.19 bits per heavy atom. The van der Waals surface area contributed by atoms with Gasteiger partial charge in [-0.3, -0.25) is 9.59 Å². The van der Waals surface area contributed by atoms with E-state index < -0.39 is 23.9 Å². The minimum atomic E-state index is -0.951. The molecule has 0 aromatic heterocycles. The van der Waals surface area contributed by atoms with Crippen LogP contribution in [0.3, 0.4) is 0 Å². The summed E-state index contributed by atoms with van der Waals surface area (Å²) in [7, 11) is 0. The first-order chi connectivity index (χ1) is 7.66. The molecule has 2 aliphatic heterocycles. The second kappa shape index (κ2) is 3.31. The molecule has 0 unspecified atom stereocenters. The van der Waals surface area contributed by atoms with Crippen LogP contribution in [-0.4, -0.2) is 35.2 Å². The summed E-state index contributed by atoms with van der Waals surface area (Å²) in [6, 6.07) is 0.255. The van der Waals surface area contributed by atoms with Gasteiger partial charge in [-0.1, -0.05) is 12.2 Å². The second-order valence-electron chi connectivity index (χ2n) is 4.62. The minimum absolute atomic E-state index is 0.174. The Bertz CT molecular complexity index is 374. The Labute approximate surface area is 92.5 Å². The van der Waals surface area contributed by atoms with Crippen LogP contribution in [0.4, 0.5) is 0 Å². The van der Waals surface area contributed by atoms with Gasteiger partial charge in [0.2, 0.25) is 5.91 Å². The number of ether oxygens (including phenoxy) is 1. The highest BCUT2D eigenvalue weighted by Gasteiger charge is 2.53. The Balaban J connectivity index is 1.78. The third kappa shape index (κ3) is 1.43. The van der Waals surface area contributed by atoms with E-state index in [9.17, 15) is 9.59 Å². The monoisotopic (exact) mass is 223 g/mol. The molecule has 5 heteroatoms. The van der Waals surface area contributed by atoms with E-state index >= 15 is 0 Å². The third-order valence-electron chi connectivity index (χ3n) is 3.41. The molecule has 86 valence electrons. The summed E-state index contributed by atoms with van der Waals surface area (Å²) in [4.78, 5) is 23.0. The molecule has 5 nitrogen and oxygen atoms in total. The summed E-state index contributed by atoms with van der Waals surface area (Å²) in [6.07, 6.45) is 4.75. The van der Waals surface area contributed by atoms with Crippen molar-refractivity contribution in [3.63, 3.8) is 0 Å². The van der Waals surface area contributed by atoms with Crippen molar-refractivity contribution in [3.8, 4) is 0 Å². The number of amides is 1. The maximum absolute atomic E-state index is 11.9. The third-order valence-corrected chi connectivity index (χ3v) is 3.41. The SMILES string of the molecule is O=C(O)[C@@H]1[C@@H](C(=O)NC2CC2)[C@@H]2C=C[C@@H]1O2. The lowest BCUT2D eigenvalue weighted by atomic mass is 9.82. The maximum atomic E-state index is 11.9. The molecule has 2 heterocycles. The number of nitrogens with one attached hydrogen (secondary N) is 1. The van der Waals surface area contributed by atoms with Crippen LogP contribution in [0.2, 0.25) is 0 Å². The predicted octanol–water partition coefficient (Wildman–Crippen LogP) is -0.0808. The smallest absolute Gasteiger partial charge is 0.310 e. The Hall–Kier alpha value is -1.36. The molecule has 3 rings (SSSR count). The standard InChI is InChI=1S/C11H13NO4/c13-10(12-5-1-2-5)8-6-3-4-7(16-6)9(8)11(14)15/h3-9H,1-2H2,(H,12,13)(H,14,15)/t6-,7-,8-,9-/m0/s1. The summed E-state index contributed by atoms with van der Waals surface area (Å²) >= 11 is 0. The van der Waals surface area contributed by atoms with Gasteiger partial charge in [0.25, 0.3) is 0 Å². The fourth-order valence-corrected chi connectivity index (χ4v) is 2.44. The van der Waals surface area contributed by atoms with Crippen molar-refractivity contribution in [3.05, 3.63) is 12.2 Å². The lowest BCUT2D eigenvalue weighted by Crippen LogP contribution is -2.43. The number of aliphatic carboxylic acids is 1. The average molecular weight is 223 g/mol. The van der Waals surface area contributed by atoms with Gasteiger partial charge < -0.3 is 15.2 Å². The van der Waals surface area contributed by atoms with E-state index in [0.29, 0.717) is 0 Å². The Morgan fingerprint density at radius 3 is 2.38 bits per heavy atom. The van der Waals surface area contributed by atoms with Gasteiger partial charge in [-0.2, -0.15) is 0 Å². The van der Waals surface area contributed by atoms with E-state index in [0.717, 1.165) is 12.8 Å². The minimum Gasteiger partial charge on any atom is -0.481 e. The van der Waals surface area contributed by atoms with Gasteiger partial charge in [0, 0.05) is 6.04 Å². The fourth-order valence-electron chi connectivity index (χ4n) is 2.44. The van der Waals surface area contributed by atoms with Crippen LogP contribution in [0.25, 0.3) is 0 Å². The number of hydrogen-bond acceptors (Lipinski definition) is 3. The van der Waals surface area contributed by atoms with Crippen molar-refractivity contribution in [2.45, 2.75) is 31.1 Å². The molecule has 0 aromatic carbocycles. The first-order valence-corrected chi connectivity index (χ1v) is 5.54. The molecule has 1 amide bonds. The van der Waals surface area contributed by atoms with Gasteiger partial charge in [0.1, 0.15) is 5.92 Å². The molecule has 2 fully saturated rings. The summed E-state index contributed by atoms with van der Waals surface area (Å²) < 4.78 is 5.43. The summed E-state index contributed by atoms with van der Waals surface area (Å²) in [5, 5.41) is 12.0. The molecule has 1 saturated carbocycles. The molecule has 1 aliphatic carbocycles. The van der Waals surface area contributed by atoms with Crippen molar-refractivity contribution in [2.75, 3.05) is 0 Å². The van der Waals surface area contributed by atoms with E-state index in [1.54, 1.807) is 12.2 Å². The summed E-state index contributed by atoms with van der Waals surface area (Å²) in [6.45, 7) is 0. The molecule has 2 N–H and O–H groups in total. The fraction of sp³-hybridized carbons (Fsp3) is 0.636. The molecule has 1 saturated heterocycles. The van der Waals surface area contributed by atoms with E-state index in [4.69, 9.17) is 9.84 Å². The van der Waals surface area contributed by atoms with E-state index in [-0.39, 0.29) is 18.1 Å². The van der Waals surface area contributed by atoms with Crippen molar-refractivity contribution in [1.82, 2.24) is 5.32 Å². The molecular weight excluding hydrogens is 210 g/mol. The highest BCUT2D eigenvalue weighted by molar-refractivity contribution is 5.87. The quantitative estimate of drug-likeness (QED) is 0.656. The molecular formula is C11H13NO4. The van der Waals surface area contributed by atoms with Gasteiger partial charge in [-0.25, -0.2) is 0 Å². The van der Waals surface area contributed by atoms with Crippen LogP contribution in [0.1, 0.15) is 12.8 Å². The average Bonchev–Trinajstić information content (AvgIpc) is 2.81. The maximum Gasteiger partial charge on any atom is 0.310 e. The van der Waals surface area contributed by atoms with Gasteiger partial charge in [-0.05, 0) is 12.8 Å². The molecule has 0 aromatic rings. The van der Waals surface area contributed by atoms with Crippen molar-refractivity contribution in [2.24, 2.45) is 11.8 Å². The molecule has 3 aliphatic rings. The zero-order valence-electron chi connectivity index (χ0n) is 8.63. The van der Waals surface area contributed by atoms with Crippen LogP contribution in [0.5, 0.6) is 0 Å². The predicted molar refractivity (Wildman–Crippen MR) is 53.6 cm³/mol. The number of fused-ring (bicyclic) bond motifs is 2. The van der Waals surface area contributed by atoms with E-state index in [1.165, 1.54) is 0 Å². The highest BCUT2D eigenvalue weighted by Crippen LogP contribution is 2.39. The first kappa shape index (κ1) is 9.84. The number of carboxylic acids is 1. The lowest BCUT2D eigenvalue weighted by Gasteiger charge is -2.20. The van der Waals surface area contributed by atoms with Crippen LogP contribution in [-0.2, 0) is 14.3 Å². The van der Waals surface area contributed by atoms with Crippen LogP contribution in [0.15, 0.2) is 12.2 Å². The number of carboxylic acid groups (broad SMARTS) is 1. The molecule has 0 radical (unpaired) electrons. The summed E-state index contributed by atoms with van der Waals surface area (Å²) in [5.74, 6) is -2.42. The summed E-state index contributed by atoms with van der Waals surface area (Å²) in [5.41, 5.74) is 0. The largest absolute Gasteiger partial charge is 0.481 e. The Morgan fingerprint density at radius 2 is 1.81 bits per heavy atom. The Kier molecular flexibility index (Phi) is 2.04. The van der Waals surface area contributed by atoms with Crippen LogP contribution >= 0.6 is 0 Å². The van der Waals surface area contributed by atoms with Crippen molar-refractivity contribution < 1.29 is 19.4 Å². The van der Waals surface area contributed by atoms with Gasteiger partial charge in [0.05, 0.1) is 18.1 Å². The highest BCUT2D eigenvalue weighted by atomic mass is 16.5. The normalized spacial score (nSPS) is 40.0. The number of hydrogen-bond donors (Lipinski definition) is 2. The number of rotatable bonds is 3. The van der Waals surface area contributed by atoms with Crippen molar-refractivity contribution >= 4 is 11.9 Å². The van der Waals surface area contributed by atoms with E-state index in [2.05, 4.69) is 5.32 Å². The van der Waals surface area contributed by atoms with Gasteiger partial charge in [-0.15, -0.1) is 0 Å². The lowest BCUT2D eigenvalue weighted by molar-refractivity contribution is -0.146. The van der Waals surface area contributed by atoms with Gasteiger partial charge in [0.15, 0.2) is 0 Å². The number of carbonyl (C=O) groups excluding carboxylic acids is 1. The zero-order chi connectivity index (χ0) is 11.3. The van der Waals surface area contributed by atoms with Crippen LogP contribution in [0, 0.1) is 11.8 Å². The molecule has 0 spiro atoms. The molecule has 16 heavy (non-hydrogen) atoms. The first-order valence-electron chi connectivity index (χ1n) is 5.54.